The lowest BCUT2D eigenvalue weighted by atomic mass is 10.2. The summed E-state index contributed by atoms with van der Waals surface area (Å²) in [4.78, 5) is 24.2. The van der Waals surface area contributed by atoms with Crippen LogP contribution in [0.15, 0.2) is 47.5 Å². The summed E-state index contributed by atoms with van der Waals surface area (Å²) >= 11 is 0. The first-order valence-corrected chi connectivity index (χ1v) is 12.9. The number of aromatic nitrogens is 6. The molecule has 3 aromatic heterocycles. The van der Waals surface area contributed by atoms with Crippen LogP contribution in [0.1, 0.15) is 37.4 Å². The Bertz CT molecular complexity index is 1680. The molecule has 4 heterocycles. The van der Waals surface area contributed by atoms with Crippen LogP contribution in [0.2, 0.25) is 0 Å². The van der Waals surface area contributed by atoms with Gasteiger partial charge < -0.3 is 15.5 Å². The third-order valence-corrected chi connectivity index (χ3v) is 7.09. The van der Waals surface area contributed by atoms with Crippen molar-refractivity contribution in [2.75, 3.05) is 29.9 Å². The van der Waals surface area contributed by atoms with E-state index in [1.54, 1.807) is 29.2 Å². The van der Waals surface area contributed by atoms with Gasteiger partial charge in [-0.25, -0.2) is 14.1 Å². The number of pyridine rings is 1. The zero-order valence-electron chi connectivity index (χ0n) is 21.4. The number of nitrogens with zero attached hydrogens (tertiary/aromatic N) is 8. The molecule has 6 rings (SSSR count). The van der Waals surface area contributed by atoms with E-state index in [9.17, 15) is 10.1 Å². The quantitative estimate of drug-likeness (QED) is 0.389. The number of piperazine rings is 1. The Morgan fingerprint density at radius 1 is 1.28 bits per heavy atom. The van der Waals surface area contributed by atoms with Crippen LogP contribution in [0.5, 0.6) is 0 Å². The molecule has 1 aliphatic carbocycles. The van der Waals surface area contributed by atoms with Crippen molar-refractivity contribution < 1.29 is 4.39 Å². The van der Waals surface area contributed by atoms with Gasteiger partial charge in [0.25, 0.3) is 5.56 Å². The number of fused-ring (bicyclic) bond motifs is 1. The van der Waals surface area contributed by atoms with E-state index < -0.39 is 5.56 Å². The van der Waals surface area contributed by atoms with Gasteiger partial charge in [-0.3, -0.25) is 9.36 Å². The summed E-state index contributed by atoms with van der Waals surface area (Å²) in [6.07, 6.45) is 8.16. The van der Waals surface area contributed by atoms with Crippen molar-refractivity contribution in [1.82, 2.24) is 34.8 Å². The molecular formula is C27H27FN10O. The molecule has 2 aliphatic rings. The highest BCUT2D eigenvalue weighted by atomic mass is 19.1. The molecule has 39 heavy (non-hydrogen) atoms. The third-order valence-electron chi connectivity index (χ3n) is 7.09. The first-order chi connectivity index (χ1) is 19.0. The van der Waals surface area contributed by atoms with Crippen molar-refractivity contribution in [3.63, 3.8) is 0 Å². The first kappa shape index (κ1) is 24.7. The highest BCUT2D eigenvalue weighted by Crippen LogP contribution is 2.26. The summed E-state index contributed by atoms with van der Waals surface area (Å²) in [6, 6.07) is 8.68. The van der Waals surface area contributed by atoms with E-state index in [1.165, 1.54) is 16.7 Å². The number of benzene rings is 1. The van der Waals surface area contributed by atoms with E-state index >= 15 is 4.39 Å². The van der Waals surface area contributed by atoms with Crippen molar-refractivity contribution in [3.8, 4) is 6.07 Å². The second kappa shape index (κ2) is 10.3. The monoisotopic (exact) mass is 526 g/mol. The molecule has 1 atom stereocenters. The maximum Gasteiger partial charge on any atom is 0.270 e. The van der Waals surface area contributed by atoms with Gasteiger partial charge in [0.2, 0.25) is 5.95 Å². The smallest absolute Gasteiger partial charge is 0.270 e. The van der Waals surface area contributed by atoms with Gasteiger partial charge in [0.1, 0.15) is 23.1 Å². The molecule has 0 radical (unpaired) electrons. The zero-order valence-corrected chi connectivity index (χ0v) is 21.4. The van der Waals surface area contributed by atoms with Crippen molar-refractivity contribution in [3.05, 3.63) is 70.2 Å². The van der Waals surface area contributed by atoms with Crippen molar-refractivity contribution in [1.29, 1.82) is 5.26 Å². The van der Waals surface area contributed by atoms with Gasteiger partial charge >= 0.3 is 0 Å². The molecule has 1 fully saturated rings. The maximum atomic E-state index is 15.1. The minimum absolute atomic E-state index is 0.00851. The molecule has 0 saturated carbocycles. The van der Waals surface area contributed by atoms with Crippen LogP contribution in [-0.2, 0) is 6.54 Å². The van der Waals surface area contributed by atoms with Crippen LogP contribution in [0, 0.1) is 17.1 Å². The summed E-state index contributed by atoms with van der Waals surface area (Å²) in [7, 11) is 0. The Kier molecular flexibility index (Phi) is 6.50. The highest BCUT2D eigenvalue weighted by Gasteiger charge is 2.20. The normalized spacial score (nSPS) is 17.3. The number of nitriles is 1. The van der Waals surface area contributed by atoms with Crippen LogP contribution in [-0.4, -0.2) is 55.2 Å². The van der Waals surface area contributed by atoms with E-state index in [0.29, 0.717) is 28.1 Å². The fraction of sp³-hybridized carbons (Fsp3) is 0.333. The second-order valence-electron chi connectivity index (χ2n) is 9.85. The Morgan fingerprint density at radius 3 is 2.95 bits per heavy atom. The highest BCUT2D eigenvalue weighted by molar-refractivity contribution is 5.77. The molecule has 0 amide bonds. The number of rotatable bonds is 6. The molecule has 4 aromatic rings. The van der Waals surface area contributed by atoms with Crippen LogP contribution in [0.25, 0.3) is 16.7 Å². The number of halogens is 1. The minimum atomic E-state index is -0.469. The van der Waals surface area contributed by atoms with Crippen LogP contribution in [0.3, 0.4) is 0 Å². The fourth-order valence-corrected chi connectivity index (χ4v) is 5.18. The first-order valence-electron chi connectivity index (χ1n) is 12.9. The summed E-state index contributed by atoms with van der Waals surface area (Å²) in [5, 5.41) is 24.8. The SMILES string of the molecule is CC1CN(c2ccc(Nc3ncc4cc(C#N)c(=O)n(Cc5cnnn5C5=CCCC5)c4n3)cc2F)CCN1. The van der Waals surface area contributed by atoms with Crippen LogP contribution >= 0.6 is 0 Å². The molecule has 198 valence electrons. The molecule has 0 bridgehead atoms. The molecule has 1 saturated heterocycles. The standard InChI is InChI=1S/C27H27FN10O/c1-17-15-36(9-8-30-17)24-7-6-20(11-23(24)28)33-27-31-13-19-10-18(12-29)26(39)37(25(19)34-27)16-22-14-32-35-38(22)21-4-2-3-5-21/h4,6-7,10-11,13-14,17,30H,2-3,5,8-9,15-16H2,1H3,(H,31,33,34). The van der Waals surface area contributed by atoms with Crippen LogP contribution < -0.4 is 21.1 Å². The minimum Gasteiger partial charge on any atom is -0.366 e. The fourth-order valence-electron chi connectivity index (χ4n) is 5.18. The lowest BCUT2D eigenvalue weighted by Crippen LogP contribution is -2.49. The molecule has 0 spiro atoms. The van der Waals surface area contributed by atoms with Crippen molar-refractivity contribution >= 4 is 34.1 Å². The van der Waals surface area contributed by atoms with Gasteiger partial charge in [0.15, 0.2) is 0 Å². The maximum absolute atomic E-state index is 15.1. The number of anilines is 3. The number of hydrogen-bond donors (Lipinski definition) is 2. The van der Waals surface area contributed by atoms with Gasteiger partial charge in [-0.15, -0.1) is 5.10 Å². The topological polar surface area (TPSA) is 130 Å². The van der Waals surface area contributed by atoms with Gasteiger partial charge in [-0.1, -0.05) is 11.3 Å². The zero-order chi connectivity index (χ0) is 26.9. The Hall–Kier alpha value is -4.63. The van der Waals surface area contributed by atoms with E-state index in [-0.39, 0.29) is 29.9 Å². The van der Waals surface area contributed by atoms with Crippen LogP contribution in [0.4, 0.5) is 21.7 Å². The van der Waals surface area contributed by atoms with E-state index in [2.05, 4.69) is 43.9 Å². The molecule has 2 N–H and O–H groups in total. The summed E-state index contributed by atoms with van der Waals surface area (Å²) in [5.41, 5.74) is 2.64. The number of nitrogens with one attached hydrogen (secondary N) is 2. The average molecular weight is 527 g/mol. The average Bonchev–Trinajstić information content (AvgIpc) is 3.62. The summed E-state index contributed by atoms with van der Waals surface area (Å²) in [5.74, 6) is -0.138. The number of hydrogen-bond acceptors (Lipinski definition) is 9. The molecule has 1 aliphatic heterocycles. The predicted octanol–water partition coefficient (Wildman–Crippen LogP) is 3.01. The molecule has 11 nitrogen and oxygen atoms in total. The molecule has 1 aromatic carbocycles. The van der Waals surface area contributed by atoms with Gasteiger partial charge in [-0.05, 0) is 50.5 Å². The second-order valence-corrected chi connectivity index (χ2v) is 9.85. The summed E-state index contributed by atoms with van der Waals surface area (Å²) < 4.78 is 18.2. The molecular weight excluding hydrogens is 499 g/mol. The lowest BCUT2D eigenvalue weighted by Gasteiger charge is -2.33. The van der Waals surface area contributed by atoms with Gasteiger partial charge in [-0.2, -0.15) is 10.2 Å². The Balaban J connectivity index is 1.33. The van der Waals surface area contributed by atoms with Crippen molar-refractivity contribution in [2.45, 2.75) is 38.8 Å². The Labute approximate surface area is 223 Å². The molecule has 1 unspecified atom stereocenters. The third kappa shape index (κ3) is 4.84. The number of allylic oxidation sites excluding steroid dienone is 2. The van der Waals surface area contributed by atoms with Gasteiger partial charge in [0.05, 0.1) is 24.1 Å². The van der Waals surface area contributed by atoms with E-state index in [0.717, 1.165) is 44.6 Å². The Morgan fingerprint density at radius 2 is 2.18 bits per heavy atom. The molecule has 12 heteroatoms. The van der Waals surface area contributed by atoms with E-state index in [1.807, 2.05) is 11.0 Å². The van der Waals surface area contributed by atoms with Crippen molar-refractivity contribution in [2.24, 2.45) is 0 Å². The summed E-state index contributed by atoms with van der Waals surface area (Å²) in [6.45, 7) is 4.46. The van der Waals surface area contributed by atoms with Gasteiger partial charge in [0, 0.05) is 48.6 Å². The largest absolute Gasteiger partial charge is 0.366 e. The lowest BCUT2D eigenvalue weighted by molar-refractivity contribution is 0.478. The predicted molar refractivity (Wildman–Crippen MR) is 145 cm³/mol. The van der Waals surface area contributed by atoms with E-state index in [4.69, 9.17) is 0 Å².